The Morgan fingerprint density at radius 3 is 2.69 bits per heavy atom. The number of likely N-dealkylation sites (N-methyl/N-ethyl adjacent to an activating group) is 2. The molecule has 0 saturated heterocycles. The van der Waals surface area contributed by atoms with Gasteiger partial charge in [-0.2, -0.15) is 8.78 Å². The van der Waals surface area contributed by atoms with Crippen molar-refractivity contribution in [3.05, 3.63) is 72.6 Å². The lowest BCUT2D eigenvalue weighted by atomic mass is 10.0. The van der Waals surface area contributed by atoms with E-state index in [-0.39, 0.29) is 12.1 Å². The largest absolute Gasteiger partial charge is 0.332 e. The maximum atomic E-state index is 14.3. The summed E-state index contributed by atoms with van der Waals surface area (Å²) in [5.41, 5.74) is 2.62. The Balaban J connectivity index is 1.33. The molecule has 0 spiro atoms. The molecule has 10 heteroatoms. The summed E-state index contributed by atoms with van der Waals surface area (Å²) in [7, 11) is 4.21. The average Bonchev–Trinajstić information content (AvgIpc) is 3.46. The molecular weight excluding hydrogens is 450 g/mol. The van der Waals surface area contributed by atoms with Gasteiger partial charge in [0.15, 0.2) is 0 Å². The zero-order valence-electron chi connectivity index (χ0n) is 19.6. The smallest absolute Gasteiger partial charge is 0.222 e. The van der Waals surface area contributed by atoms with Crippen LogP contribution in [-0.2, 0) is 13.1 Å². The van der Waals surface area contributed by atoms with E-state index in [0.717, 1.165) is 55.5 Å². The Hall–Kier alpha value is -3.50. The topological polar surface area (TPSA) is 67.9 Å². The molecule has 6 heterocycles. The lowest BCUT2D eigenvalue weighted by molar-refractivity contribution is 0.133. The van der Waals surface area contributed by atoms with E-state index in [1.54, 1.807) is 18.2 Å². The lowest BCUT2D eigenvalue weighted by Crippen LogP contribution is -2.40. The van der Waals surface area contributed by atoms with Crippen molar-refractivity contribution in [2.75, 3.05) is 27.2 Å². The van der Waals surface area contributed by atoms with Gasteiger partial charge in [-0.1, -0.05) is 0 Å². The fraction of sp³-hybridized carbons (Fsp3) is 0.360. The molecular formula is C25H26F2N8. The quantitative estimate of drug-likeness (QED) is 0.420. The van der Waals surface area contributed by atoms with E-state index in [1.807, 2.05) is 12.4 Å². The molecule has 0 aromatic carbocycles. The van der Waals surface area contributed by atoms with E-state index >= 15 is 0 Å². The first-order valence-electron chi connectivity index (χ1n) is 11.7. The van der Waals surface area contributed by atoms with Gasteiger partial charge in [0, 0.05) is 56.0 Å². The number of halogens is 2. The second kappa shape index (κ2) is 8.62. The van der Waals surface area contributed by atoms with Crippen molar-refractivity contribution >= 4 is 0 Å². The van der Waals surface area contributed by atoms with Gasteiger partial charge in [-0.3, -0.25) is 9.80 Å². The SMILES string of the molecule is CN1Cc2nc(-c3ccc(F)nc3)cn2C(CC2c3nc(-c4cccnc4F)cn3CCN2C)C1. The minimum atomic E-state index is -0.507. The van der Waals surface area contributed by atoms with Gasteiger partial charge in [-0.05, 0) is 44.8 Å². The summed E-state index contributed by atoms with van der Waals surface area (Å²) in [6, 6.07) is 6.76. The van der Waals surface area contributed by atoms with Crippen LogP contribution in [0.2, 0.25) is 0 Å². The Morgan fingerprint density at radius 1 is 1.00 bits per heavy atom. The first kappa shape index (κ1) is 22.0. The van der Waals surface area contributed by atoms with Crippen molar-refractivity contribution < 1.29 is 8.78 Å². The Morgan fingerprint density at radius 2 is 1.89 bits per heavy atom. The van der Waals surface area contributed by atoms with Gasteiger partial charge in [-0.25, -0.2) is 19.9 Å². The third-order valence-electron chi connectivity index (χ3n) is 7.02. The van der Waals surface area contributed by atoms with Crippen molar-refractivity contribution in [1.29, 1.82) is 0 Å². The molecule has 4 aromatic rings. The summed E-state index contributed by atoms with van der Waals surface area (Å²) in [6.07, 6.45) is 7.78. The Labute approximate surface area is 201 Å². The zero-order chi connectivity index (χ0) is 24.1. The molecule has 0 amide bonds. The molecule has 0 N–H and O–H groups in total. The van der Waals surface area contributed by atoms with Crippen molar-refractivity contribution in [2.45, 2.75) is 31.6 Å². The predicted molar refractivity (Wildman–Crippen MR) is 126 cm³/mol. The van der Waals surface area contributed by atoms with Gasteiger partial charge in [-0.15, -0.1) is 0 Å². The van der Waals surface area contributed by atoms with E-state index in [9.17, 15) is 8.78 Å². The van der Waals surface area contributed by atoms with Gasteiger partial charge < -0.3 is 9.13 Å². The third kappa shape index (κ3) is 4.02. The molecule has 180 valence electrons. The summed E-state index contributed by atoms with van der Waals surface area (Å²) < 4.78 is 32.0. The predicted octanol–water partition coefficient (Wildman–Crippen LogP) is 3.55. The van der Waals surface area contributed by atoms with E-state index < -0.39 is 11.9 Å². The molecule has 0 saturated carbocycles. The van der Waals surface area contributed by atoms with Crippen LogP contribution in [0.25, 0.3) is 22.5 Å². The number of rotatable bonds is 4. The first-order valence-corrected chi connectivity index (χ1v) is 11.7. The molecule has 0 radical (unpaired) electrons. The molecule has 0 aliphatic carbocycles. The summed E-state index contributed by atoms with van der Waals surface area (Å²) >= 11 is 0. The second-order valence-electron chi connectivity index (χ2n) is 9.42. The van der Waals surface area contributed by atoms with Crippen LogP contribution in [0.3, 0.4) is 0 Å². The summed E-state index contributed by atoms with van der Waals surface area (Å²) in [6.45, 7) is 3.30. The van der Waals surface area contributed by atoms with E-state index in [4.69, 9.17) is 9.97 Å². The van der Waals surface area contributed by atoms with Crippen LogP contribution in [0.1, 0.15) is 30.2 Å². The number of hydrogen-bond donors (Lipinski definition) is 0. The Bertz CT molecular complexity index is 1360. The Kier molecular flexibility index (Phi) is 5.42. The number of nitrogens with zero attached hydrogens (tertiary/aromatic N) is 8. The number of fused-ring (bicyclic) bond motifs is 2. The molecule has 2 unspecified atom stereocenters. The minimum Gasteiger partial charge on any atom is -0.332 e. The lowest BCUT2D eigenvalue weighted by Gasteiger charge is -2.38. The van der Waals surface area contributed by atoms with Crippen LogP contribution >= 0.6 is 0 Å². The zero-order valence-corrected chi connectivity index (χ0v) is 19.6. The highest BCUT2D eigenvalue weighted by molar-refractivity contribution is 5.58. The van der Waals surface area contributed by atoms with Crippen LogP contribution in [-0.4, -0.2) is 66.1 Å². The van der Waals surface area contributed by atoms with Crippen molar-refractivity contribution in [3.8, 4) is 22.5 Å². The van der Waals surface area contributed by atoms with Gasteiger partial charge >= 0.3 is 0 Å². The molecule has 6 rings (SSSR count). The molecule has 4 aromatic heterocycles. The summed E-state index contributed by atoms with van der Waals surface area (Å²) in [5.74, 6) is 0.905. The van der Waals surface area contributed by atoms with Crippen molar-refractivity contribution in [1.82, 2.24) is 38.9 Å². The van der Waals surface area contributed by atoms with Crippen LogP contribution in [0.4, 0.5) is 8.78 Å². The molecule has 2 atom stereocenters. The normalized spacial score (nSPS) is 20.6. The maximum Gasteiger partial charge on any atom is 0.222 e. The van der Waals surface area contributed by atoms with Gasteiger partial charge in [0.25, 0.3) is 0 Å². The van der Waals surface area contributed by atoms with Gasteiger partial charge in [0.2, 0.25) is 11.9 Å². The van der Waals surface area contributed by atoms with Crippen molar-refractivity contribution in [2.24, 2.45) is 0 Å². The highest BCUT2D eigenvalue weighted by atomic mass is 19.1. The monoisotopic (exact) mass is 476 g/mol. The van der Waals surface area contributed by atoms with Crippen molar-refractivity contribution in [3.63, 3.8) is 0 Å². The van der Waals surface area contributed by atoms with Crippen LogP contribution in [0.15, 0.2) is 49.1 Å². The fourth-order valence-corrected chi connectivity index (χ4v) is 5.22. The molecule has 2 aliphatic heterocycles. The molecule has 0 fully saturated rings. The van der Waals surface area contributed by atoms with E-state index in [2.05, 4.69) is 43.0 Å². The van der Waals surface area contributed by atoms with Gasteiger partial charge in [0.1, 0.15) is 11.6 Å². The minimum absolute atomic E-state index is 0.0694. The highest BCUT2D eigenvalue weighted by Gasteiger charge is 2.34. The third-order valence-corrected chi connectivity index (χ3v) is 7.02. The van der Waals surface area contributed by atoms with Crippen LogP contribution in [0, 0.1) is 11.9 Å². The highest BCUT2D eigenvalue weighted by Crippen LogP contribution is 2.36. The first-order chi connectivity index (χ1) is 17.0. The fourth-order valence-electron chi connectivity index (χ4n) is 5.22. The van der Waals surface area contributed by atoms with Crippen LogP contribution < -0.4 is 0 Å². The molecule has 35 heavy (non-hydrogen) atoms. The van der Waals surface area contributed by atoms with E-state index in [0.29, 0.717) is 11.3 Å². The average molecular weight is 477 g/mol. The molecule has 2 aliphatic rings. The summed E-state index contributed by atoms with van der Waals surface area (Å²) in [4.78, 5) is 21.9. The summed E-state index contributed by atoms with van der Waals surface area (Å²) in [5, 5.41) is 0. The second-order valence-corrected chi connectivity index (χ2v) is 9.42. The maximum absolute atomic E-state index is 14.3. The molecule has 8 nitrogen and oxygen atoms in total. The van der Waals surface area contributed by atoms with E-state index in [1.165, 1.54) is 18.5 Å². The molecule has 0 bridgehead atoms. The number of pyridine rings is 2. The van der Waals surface area contributed by atoms with Crippen LogP contribution in [0.5, 0.6) is 0 Å². The van der Waals surface area contributed by atoms with Gasteiger partial charge in [0.05, 0.1) is 29.5 Å². The number of imidazole rings is 2. The number of hydrogen-bond acceptors (Lipinski definition) is 6. The number of aromatic nitrogens is 6. The standard InChI is InChI=1S/C25H26F2N8/c1-32-12-17(35-14-19(30-23(35)15-32)16-5-6-22(26)29-11-16)10-21-25-31-20(13-34(25)9-8-33(21)2)18-4-3-7-28-24(18)27/h3-7,11,13-14,17,21H,8-10,12,15H2,1-2H3.